The van der Waals surface area contributed by atoms with Crippen molar-refractivity contribution in [2.45, 2.75) is 25.6 Å². The third-order valence-corrected chi connectivity index (χ3v) is 6.89. The van der Waals surface area contributed by atoms with Gasteiger partial charge >= 0.3 is 5.97 Å². The lowest BCUT2D eigenvalue weighted by Crippen LogP contribution is -2.73. The van der Waals surface area contributed by atoms with E-state index in [1.807, 2.05) is 0 Å². The summed E-state index contributed by atoms with van der Waals surface area (Å²) in [4.78, 5) is 74.3. The Bertz CT molecular complexity index is 1680. The molecule has 0 aliphatic carbocycles. The predicted octanol–water partition coefficient (Wildman–Crippen LogP) is 1.19. The number of benzene rings is 2. The van der Waals surface area contributed by atoms with E-state index >= 15 is 0 Å². The maximum absolute atomic E-state index is 13.4. The van der Waals surface area contributed by atoms with E-state index in [9.17, 15) is 52.9 Å². The maximum Gasteiger partial charge on any atom is 0.358 e. The number of non-ortho nitro benzene ring substituents is 2. The Morgan fingerprint density at radius 1 is 0.976 bits per heavy atom. The first-order chi connectivity index (χ1) is 19.6. The molecule has 3 amide bonds. The highest BCUT2D eigenvalue weighted by atomic mass is 32.2. The van der Waals surface area contributed by atoms with Crippen LogP contribution in [0.2, 0.25) is 0 Å². The predicted molar refractivity (Wildman–Crippen MR) is 137 cm³/mol. The molecule has 0 aromatic heterocycles. The summed E-state index contributed by atoms with van der Waals surface area (Å²) in [5.41, 5.74) is -1.74. The van der Waals surface area contributed by atoms with Crippen LogP contribution >= 0.6 is 0 Å². The number of hydrogen-bond donors (Lipinski definition) is 1. The fourth-order valence-electron chi connectivity index (χ4n) is 4.41. The van der Waals surface area contributed by atoms with Crippen LogP contribution < -0.4 is 0 Å². The number of ether oxygens (including phenoxy) is 1. The van der Waals surface area contributed by atoms with Gasteiger partial charge in [-0.1, -0.05) is 0 Å². The SMILES string of the molecule is CC(O)=C(C(=O)OCc1ccc([N+](=O)[O-])cc1)N1C(=O)[C@@H](N2C(=O)c3ccc([N+](=O)[O-])cc3C2=O)[C@H]1COS(C)(=O)=O. The second kappa shape index (κ2) is 11.0. The third kappa shape index (κ3) is 5.52. The third-order valence-electron chi connectivity index (χ3n) is 6.32. The molecule has 1 saturated heterocycles. The molecule has 2 aliphatic heterocycles. The van der Waals surface area contributed by atoms with Crippen molar-refractivity contribution in [3.63, 3.8) is 0 Å². The van der Waals surface area contributed by atoms with Gasteiger partial charge in [0, 0.05) is 24.3 Å². The van der Waals surface area contributed by atoms with Gasteiger partial charge in [-0.15, -0.1) is 0 Å². The molecule has 42 heavy (non-hydrogen) atoms. The van der Waals surface area contributed by atoms with Gasteiger partial charge < -0.3 is 9.84 Å². The first-order valence-electron chi connectivity index (χ1n) is 11.8. The molecule has 4 rings (SSSR count). The highest BCUT2D eigenvalue weighted by Gasteiger charge is 2.59. The van der Waals surface area contributed by atoms with E-state index in [1.54, 1.807) is 0 Å². The summed E-state index contributed by atoms with van der Waals surface area (Å²) in [5.74, 6) is -5.16. The van der Waals surface area contributed by atoms with Crippen molar-refractivity contribution in [2.24, 2.45) is 0 Å². The lowest BCUT2D eigenvalue weighted by Gasteiger charge is -2.49. The molecule has 220 valence electrons. The number of β-lactam (4-membered cyclic amide) rings is 1. The molecule has 1 fully saturated rings. The lowest BCUT2D eigenvalue weighted by molar-refractivity contribution is -0.385. The second-order valence-corrected chi connectivity index (χ2v) is 10.8. The van der Waals surface area contributed by atoms with Crippen molar-refractivity contribution in [3.05, 3.63) is 90.8 Å². The number of nitro benzene ring substituents is 2. The van der Waals surface area contributed by atoms with Crippen molar-refractivity contribution in [1.29, 1.82) is 0 Å². The quantitative estimate of drug-likeness (QED) is 0.0587. The van der Waals surface area contributed by atoms with Gasteiger partial charge in [-0.3, -0.25) is 48.6 Å². The minimum atomic E-state index is -4.15. The standard InChI is InChI=1S/C24H20N4O13S/c1-12(29)19(24(33)40-10-13-3-5-14(6-4-13)27(34)35)25-18(11-41-42(2,38)39)20(23(25)32)26-21(30)16-8-7-15(28(36)37)9-17(16)22(26)31/h3-9,18,20,29H,10-11H2,1-2H3/t18-,20+/m1/s1. The fourth-order valence-corrected chi connectivity index (χ4v) is 4.80. The summed E-state index contributed by atoms with van der Waals surface area (Å²) in [6.07, 6.45) is 0.695. The number of carbonyl (C=O) groups excluding carboxylic acids is 4. The first-order valence-corrected chi connectivity index (χ1v) is 13.6. The second-order valence-electron chi connectivity index (χ2n) is 9.11. The van der Waals surface area contributed by atoms with E-state index in [0.717, 1.165) is 37.3 Å². The topological polar surface area (TPSA) is 234 Å². The number of aliphatic hydroxyl groups is 1. The van der Waals surface area contributed by atoms with Gasteiger partial charge in [0.25, 0.3) is 39.2 Å². The Morgan fingerprint density at radius 3 is 2.10 bits per heavy atom. The molecule has 2 atom stereocenters. The van der Waals surface area contributed by atoms with Crippen molar-refractivity contribution in [3.8, 4) is 0 Å². The Morgan fingerprint density at radius 2 is 1.55 bits per heavy atom. The van der Waals surface area contributed by atoms with Crippen LogP contribution in [0.5, 0.6) is 0 Å². The molecule has 18 heteroatoms. The van der Waals surface area contributed by atoms with Gasteiger partial charge in [0.1, 0.15) is 18.4 Å². The number of hydrogen-bond acceptors (Lipinski definition) is 13. The highest BCUT2D eigenvalue weighted by Crippen LogP contribution is 2.37. The van der Waals surface area contributed by atoms with E-state index < -0.39 is 86.1 Å². The van der Waals surface area contributed by atoms with Gasteiger partial charge in [-0.2, -0.15) is 8.42 Å². The summed E-state index contributed by atoms with van der Waals surface area (Å²) in [6, 6.07) is 4.60. The highest BCUT2D eigenvalue weighted by molar-refractivity contribution is 7.85. The van der Waals surface area contributed by atoms with Crippen LogP contribution in [0.15, 0.2) is 53.9 Å². The fraction of sp³-hybridized carbons (Fsp3) is 0.250. The van der Waals surface area contributed by atoms with Crippen LogP contribution in [0, 0.1) is 20.2 Å². The van der Waals surface area contributed by atoms with Crippen molar-refractivity contribution in [2.75, 3.05) is 12.9 Å². The van der Waals surface area contributed by atoms with Crippen LogP contribution in [0.3, 0.4) is 0 Å². The number of imide groups is 1. The van der Waals surface area contributed by atoms with Gasteiger partial charge in [0.2, 0.25) is 0 Å². The molecule has 2 aromatic carbocycles. The summed E-state index contributed by atoms with van der Waals surface area (Å²) in [7, 11) is -4.15. The molecular formula is C24H20N4O13S. The van der Waals surface area contributed by atoms with E-state index in [2.05, 4.69) is 0 Å². The molecule has 0 radical (unpaired) electrons. The molecule has 0 spiro atoms. The summed E-state index contributed by atoms with van der Waals surface area (Å²) in [6.45, 7) is -0.269. The molecule has 2 aliphatic rings. The number of likely N-dealkylation sites (tertiary alicyclic amines) is 1. The molecule has 0 bridgehead atoms. The van der Waals surface area contributed by atoms with Gasteiger partial charge in [-0.25, -0.2) is 4.79 Å². The monoisotopic (exact) mass is 604 g/mol. The van der Waals surface area contributed by atoms with Gasteiger partial charge in [0.05, 0.1) is 39.9 Å². The Hall–Kier alpha value is -5.23. The number of fused-ring (bicyclic) bond motifs is 1. The Labute approximate surface area is 235 Å². The number of aliphatic hydroxyl groups excluding tert-OH is 1. The smallest absolute Gasteiger partial charge is 0.358 e. The number of nitro groups is 2. The van der Waals surface area contributed by atoms with Crippen molar-refractivity contribution < 1.29 is 51.5 Å². The van der Waals surface area contributed by atoms with Crippen molar-refractivity contribution >= 4 is 45.2 Å². The number of allylic oxidation sites excluding steroid dienone is 1. The minimum absolute atomic E-state index is 0.217. The number of nitrogens with zero attached hydrogens (tertiary/aromatic N) is 4. The normalized spacial score (nSPS) is 18.8. The van der Waals surface area contributed by atoms with Gasteiger partial charge in [-0.05, 0) is 30.7 Å². The number of carbonyl (C=O) groups is 4. The van der Waals surface area contributed by atoms with Crippen LogP contribution in [-0.2, 0) is 35.2 Å². The summed E-state index contributed by atoms with van der Waals surface area (Å²) < 4.78 is 33.4. The first kappa shape index (κ1) is 29.7. The molecule has 0 unspecified atom stereocenters. The molecule has 1 N–H and O–H groups in total. The average molecular weight is 605 g/mol. The maximum atomic E-state index is 13.4. The molecule has 2 heterocycles. The number of esters is 1. The van der Waals surface area contributed by atoms with E-state index in [1.165, 1.54) is 12.1 Å². The molecular weight excluding hydrogens is 584 g/mol. The summed E-state index contributed by atoms with van der Waals surface area (Å²) in [5, 5.41) is 32.3. The molecule has 2 aromatic rings. The summed E-state index contributed by atoms with van der Waals surface area (Å²) >= 11 is 0. The Kier molecular flexibility index (Phi) is 7.77. The minimum Gasteiger partial charge on any atom is -0.510 e. The zero-order chi connectivity index (χ0) is 31.1. The zero-order valence-corrected chi connectivity index (χ0v) is 22.5. The van der Waals surface area contributed by atoms with Crippen LogP contribution in [0.1, 0.15) is 33.2 Å². The largest absolute Gasteiger partial charge is 0.510 e. The number of rotatable bonds is 10. The van der Waals surface area contributed by atoms with E-state index in [-0.39, 0.29) is 16.8 Å². The average Bonchev–Trinajstić information content (AvgIpc) is 3.16. The van der Waals surface area contributed by atoms with E-state index in [0.29, 0.717) is 21.6 Å². The van der Waals surface area contributed by atoms with Crippen LogP contribution in [0.25, 0.3) is 0 Å². The van der Waals surface area contributed by atoms with Gasteiger partial charge in [0.15, 0.2) is 5.70 Å². The zero-order valence-electron chi connectivity index (χ0n) is 21.7. The lowest BCUT2D eigenvalue weighted by atomic mass is 9.92. The molecule has 17 nitrogen and oxygen atoms in total. The van der Waals surface area contributed by atoms with E-state index in [4.69, 9.17) is 8.92 Å². The van der Waals surface area contributed by atoms with Crippen LogP contribution in [-0.4, -0.2) is 81.8 Å². The Balaban J connectivity index is 1.62. The van der Waals surface area contributed by atoms with Crippen LogP contribution in [0.4, 0.5) is 11.4 Å². The molecule has 0 saturated carbocycles. The number of amides is 3. The van der Waals surface area contributed by atoms with Crippen molar-refractivity contribution in [1.82, 2.24) is 9.80 Å².